The molecular formula is C18H22O4. The van der Waals surface area contributed by atoms with Gasteiger partial charge in [0.25, 0.3) is 0 Å². The van der Waals surface area contributed by atoms with E-state index in [1.165, 1.54) is 0 Å². The molecule has 2 aromatic rings. The lowest BCUT2D eigenvalue weighted by molar-refractivity contribution is 0.198. The molecule has 0 fully saturated rings. The van der Waals surface area contributed by atoms with Gasteiger partial charge in [0.05, 0.1) is 26.4 Å². The van der Waals surface area contributed by atoms with E-state index in [0.717, 1.165) is 22.3 Å². The first-order valence-corrected chi connectivity index (χ1v) is 7.20. The van der Waals surface area contributed by atoms with Gasteiger partial charge in [0, 0.05) is 11.1 Å². The van der Waals surface area contributed by atoms with Crippen molar-refractivity contribution in [1.82, 2.24) is 0 Å². The van der Waals surface area contributed by atoms with Gasteiger partial charge in [0.15, 0.2) is 0 Å². The summed E-state index contributed by atoms with van der Waals surface area (Å²) >= 11 is 0. The summed E-state index contributed by atoms with van der Waals surface area (Å²) in [6.45, 7) is 3.43. The van der Waals surface area contributed by atoms with E-state index in [0.29, 0.717) is 11.5 Å². The van der Waals surface area contributed by atoms with Gasteiger partial charge in [-0.1, -0.05) is 12.1 Å². The van der Waals surface area contributed by atoms with Crippen molar-refractivity contribution < 1.29 is 19.7 Å². The van der Waals surface area contributed by atoms with Crippen LogP contribution in [0.3, 0.4) is 0 Å². The van der Waals surface area contributed by atoms with E-state index >= 15 is 0 Å². The molecule has 0 radical (unpaired) electrons. The third-order valence-electron chi connectivity index (χ3n) is 3.70. The van der Waals surface area contributed by atoms with Crippen LogP contribution in [0, 0.1) is 0 Å². The van der Waals surface area contributed by atoms with Crippen molar-refractivity contribution >= 4 is 0 Å². The van der Waals surface area contributed by atoms with Crippen LogP contribution in [0.15, 0.2) is 36.4 Å². The number of aliphatic hydroxyl groups excluding tert-OH is 2. The van der Waals surface area contributed by atoms with Crippen molar-refractivity contribution in [2.75, 3.05) is 14.2 Å². The molecule has 0 aliphatic rings. The van der Waals surface area contributed by atoms with E-state index in [-0.39, 0.29) is 0 Å². The monoisotopic (exact) mass is 302 g/mol. The summed E-state index contributed by atoms with van der Waals surface area (Å²) in [7, 11) is 3.21. The zero-order chi connectivity index (χ0) is 16.3. The molecule has 0 aliphatic carbocycles. The zero-order valence-electron chi connectivity index (χ0n) is 13.3. The summed E-state index contributed by atoms with van der Waals surface area (Å²) in [5.74, 6) is 1.37. The molecule has 0 amide bonds. The van der Waals surface area contributed by atoms with Crippen molar-refractivity contribution in [2.24, 2.45) is 0 Å². The molecule has 4 nitrogen and oxygen atoms in total. The number of methoxy groups -OCH3 is 2. The lowest BCUT2D eigenvalue weighted by atomic mass is 9.96. The molecule has 0 aliphatic heterocycles. The van der Waals surface area contributed by atoms with Crippen LogP contribution in [0.1, 0.15) is 37.2 Å². The van der Waals surface area contributed by atoms with Gasteiger partial charge in [-0.2, -0.15) is 0 Å². The number of rotatable bonds is 5. The molecule has 0 spiro atoms. The average molecular weight is 302 g/mol. The Labute approximate surface area is 130 Å². The molecule has 4 heteroatoms. The van der Waals surface area contributed by atoms with Gasteiger partial charge in [-0.15, -0.1) is 0 Å². The largest absolute Gasteiger partial charge is 0.496 e. The number of ether oxygens (including phenoxy) is 2. The highest BCUT2D eigenvalue weighted by atomic mass is 16.5. The van der Waals surface area contributed by atoms with Crippen LogP contribution in [0.25, 0.3) is 11.1 Å². The number of hydrogen-bond donors (Lipinski definition) is 2. The minimum atomic E-state index is -0.574. The lowest BCUT2D eigenvalue weighted by Crippen LogP contribution is -1.98. The van der Waals surface area contributed by atoms with Crippen LogP contribution in [0.2, 0.25) is 0 Å². The number of aliphatic hydroxyl groups is 2. The van der Waals surface area contributed by atoms with Crippen LogP contribution >= 0.6 is 0 Å². The molecule has 2 N–H and O–H groups in total. The fraction of sp³-hybridized carbons (Fsp3) is 0.333. The molecule has 0 unspecified atom stereocenters. The molecule has 2 rings (SSSR count). The average Bonchev–Trinajstić information content (AvgIpc) is 2.53. The van der Waals surface area contributed by atoms with Crippen molar-refractivity contribution in [3.05, 3.63) is 47.5 Å². The Bertz CT molecular complexity index is 590. The van der Waals surface area contributed by atoms with Crippen molar-refractivity contribution in [3.8, 4) is 22.6 Å². The third-order valence-corrected chi connectivity index (χ3v) is 3.70. The van der Waals surface area contributed by atoms with Gasteiger partial charge in [-0.25, -0.2) is 0 Å². The Morgan fingerprint density at radius 1 is 0.727 bits per heavy atom. The molecule has 0 aromatic heterocycles. The van der Waals surface area contributed by atoms with E-state index in [4.69, 9.17) is 9.47 Å². The van der Waals surface area contributed by atoms with Gasteiger partial charge in [-0.3, -0.25) is 0 Å². The maximum absolute atomic E-state index is 9.82. The van der Waals surface area contributed by atoms with Gasteiger partial charge in [0.1, 0.15) is 11.5 Å². The van der Waals surface area contributed by atoms with Gasteiger partial charge in [-0.05, 0) is 49.2 Å². The van der Waals surface area contributed by atoms with Gasteiger partial charge in [0.2, 0.25) is 0 Å². The Morgan fingerprint density at radius 3 is 1.36 bits per heavy atom. The SMILES string of the molecule is COc1ccc([C@H](C)O)cc1-c1cc([C@@H](C)O)ccc1OC. The van der Waals surface area contributed by atoms with E-state index in [1.54, 1.807) is 28.1 Å². The van der Waals surface area contributed by atoms with Crippen LogP contribution in [0.5, 0.6) is 11.5 Å². The van der Waals surface area contributed by atoms with Crippen LogP contribution < -0.4 is 9.47 Å². The fourth-order valence-electron chi connectivity index (χ4n) is 2.39. The first-order chi connectivity index (χ1) is 10.5. The quantitative estimate of drug-likeness (QED) is 0.888. The highest BCUT2D eigenvalue weighted by molar-refractivity contribution is 5.77. The first-order valence-electron chi connectivity index (χ1n) is 7.20. The number of hydrogen-bond acceptors (Lipinski definition) is 4. The third kappa shape index (κ3) is 3.24. The summed E-state index contributed by atoms with van der Waals surface area (Å²) in [4.78, 5) is 0. The highest BCUT2D eigenvalue weighted by Crippen LogP contribution is 2.39. The summed E-state index contributed by atoms with van der Waals surface area (Å²) in [5.41, 5.74) is 3.22. The first kappa shape index (κ1) is 16.3. The second-order valence-electron chi connectivity index (χ2n) is 5.27. The lowest BCUT2D eigenvalue weighted by Gasteiger charge is -2.17. The number of benzene rings is 2. The molecule has 2 aromatic carbocycles. The second-order valence-corrected chi connectivity index (χ2v) is 5.27. The predicted molar refractivity (Wildman–Crippen MR) is 86.2 cm³/mol. The van der Waals surface area contributed by atoms with Crippen LogP contribution in [0.4, 0.5) is 0 Å². The minimum Gasteiger partial charge on any atom is -0.496 e. The summed E-state index contributed by atoms with van der Waals surface area (Å²) in [6, 6.07) is 11.1. The Kier molecular flexibility index (Phi) is 5.06. The molecule has 0 heterocycles. The molecule has 0 bridgehead atoms. The summed E-state index contributed by atoms with van der Waals surface area (Å²) < 4.78 is 10.9. The maximum atomic E-state index is 9.82. The summed E-state index contributed by atoms with van der Waals surface area (Å²) in [6.07, 6.45) is -1.15. The molecule has 0 saturated carbocycles. The van der Waals surface area contributed by atoms with Crippen LogP contribution in [-0.4, -0.2) is 24.4 Å². The zero-order valence-corrected chi connectivity index (χ0v) is 13.3. The second kappa shape index (κ2) is 6.81. The van der Waals surface area contributed by atoms with Crippen molar-refractivity contribution in [3.63, 3.8) is 0 Å². The Morgan fingerprint density at radius 2 is 1.09 bits per heavy atom. The van der Waals surface area contributed by atoms with Crippen LogP contribution in [-0.2, 0) is 0 Å². The molecule has 0 saturated heterocycles. The standard InChI is InChI=1S/C18H22O4/c1-11(19)13-5-7-17(21-3)15(9-13)16-10-14(12(2)20)6-8-18(16)22-4/h5-12,19-20H,1-4H3/t11-,12+. The fourth-order valence-corrected chi connectivity index (χ4v) is 2.39. The molecular weight excluding hydrogens is 280 g/mol. The van der Waals surface area contributed by atoms with Gasteiger partial charge < -0.3 is 19.7 Å². The smallest absolute Gasteiger partial charge is 0.126 e. The van der Waals surface area contributed by atoms with E-state index in [1.807, 2.05) is 36.4 Å². The normalized spacial score (nSPS) is 13.5. The van der Waals surface area contributed by atoms with E-state index < -0.39 is 12.2 Å². The Hall–Kier alpha value is -2.04. The summed E-state index contributed by atoms with van der Waals surface area (Å²) in [5, 5.41) is 19.6. The molecule has 2 atom stereocenters. The van der Waals surface area contributed by atoms with E-state index in [9.17, 15) is 10.2 Å². The topological polar surface area (TPSA) is 58.9 Å². The highest BCUT2D eigenvalue weighted by Gasteiger charge is 2.15. The van der Waals surface area contributed by atoms with Crippen molar-refractivity contribution in [2.45, 2.75) is 26.1 Å². The van der Waals surface area contributed by atoms with Gasteiger partial charge >= 0.3 is 0 Å². The predicted octanol–water partition coefficient (Wildman–Crippen LogP) is 3.48. The minimum absolute atomic E-state index is 0.574. The maximum Gasteiger partial charge on any atom is 0.126 e. The molecule has 118 valence electrons. The van der Waals surface area contributed by atoms with Crippen molar-refractivity contribution in [1.29, 1.82) is 0 Å². The Balaban J connectivity index is 2.67. The van der Waals surface area contributed by atoms with E-state index in [2.05, 4.69) is 0 Å². The molecule has 22 heavy (non-hydrogen) atoms.